The van der Waals surface area contributed by atoms with Crippen LogP contribution in [-0.2, 0) is 28.6 Å². The summed E-state index contributed by atoms with van der Waals surface area (Å²) in [6.45, 7) is 16.1. The number of aromatic nitrogens is 3. The molecule has 12 nitrogen and oxygen atoms in total. The number of hydrogen-bond acceptors (Lipinski definition) is 9. The summed E-state index contributed by atoms with van der Waals surface area (Å²) in [7, 11) is 0. The topological polar surface area (TPSA) is 177 Å². The van der Waals surface area contributed by atoms with Gasteiger partial charge in [-0.05, 0) is 20.8 Å². The molecule has 0 aliphatic rings. The molecule has 1 aromatic heterocycles. The summed E-state index contributed by atoms with van der Waals surface area (Å²) in [5.74, 6) is -1.08. The van der Waals surface area contributed by atoms with Crippen molar-refractivity contribution < 1.29 is 28.6 Å². The number of ether oxygens (including phenoxy) is 3. The van der Waals surface area contributed by atoms with Gasteiger partial charge in [0.15, 0.2) is 0 Å². The minimum absolute atomic E-state index is 0.359. The fourth-order valence-corrected chi connectivity index (χ4v) is 1.01. The summed E-state index contributed by atoms with van der Waals surface area (Å²) >= 11 is 0. The van der Waals surface area contributed by atoms with Crippen LogP contribution in [0.15, 0.2) is 52.3 Å². The van der Waals surface area contributed by atoms with E-state index in [9.17, 15) is 28.8 Å². The SMILES string of the molecule is C=CC(=O)OCC.C=CC(=O)OCC.C=CC(=O)OCC.O=c1[nH]c(=O)[nH]c(=O)[nH]1. The number of aromatic amines is 3. The molecule has 1 rings (SSSR count). The molecule has 0 spiro atoms. The van der Waals surface area contributed by atoms with E-state index in [-0.39, 0.29) is 17.9 Å². The highest BCUT2D eigenvalue weighted by Gasteiger charge is 1.88. The van der Waals surface area contributed by atoms with E-state index in [1.54, 1.807) is 35.7 Å². The first-order valence-electron chi connectivity index (χ1n) is 8.42. The summed E-state index contributed by atoms with van der Waals surface area (Å²) in [6, 6.07) is 0. The molecule has 0 saturated heterocycles. The van der Waals surface area contributed by atoms with Crippen molar-refractivity contribution in [1.29, 1.82) is 0 Å². The first-order chi connectivity index (χ1) is 14.1. The standard InChI is InChI=1S/3C5H8O2.C3H3N3O3/c3*1-3-5(6)7-4-2;7-1-4-2(8)6-3(9)5-1/h3*3H,1,4H2,2H3;(H3,4,5,6,7,8,9). The summed E-state index contributed by atoms with van der Waals surface area (Å²) in [5, 5.41) is 0. The number of nitrogens with one attached hydrogen (secondary N) is 3. The normalized spacial score (nSPS) is 8.10. The third-order valence-electron chi connectivity index (χ3n) is 2.04. The molecule has 0 aliphatic heterocycles. The molecule has 0 bridgehead atoms. The largest absolute Gasteiger partial charge is 0.463 e. The quantitative estimate of drug-likeness (QED) is 0.318. The number of carbonyl (C=O) groups is 3. The zero-order chi connectivity index (χ0) is 23.9. The van der Waals surface area contributed by atoms with Crippen LogP contribution in [0.25, 0.3) is 0 Å². The van der Waals surface area contributed by atoms with Crippen molar-refractivity contribution in [3.63, 3.8) is 0 Å². The smallest absolute Gasteiger partial charge is 0.330 e. The van der Waals surface area contributed by atoms with Gasteiger partial charge in [0.1, 0.15) is 0 Å². The summed E-state index contributed by atoms with van der Waals surface area (Å²) in [5.41, 5.74) is -2.41. The zero-order valence-electron chi connectivity index (χ0n) is 17.1. The molecule has 0 amide bonds. The molecule has 30 heavy (non-hydrogen) atoms. The Morgan fingerprint density at radius 3 is 0.933 bits per heavy atom. The minimum Gasteiger partial charge on any atom is -0.463 e. The van der Waals surface area contributed by atoms with Gasteiger partial charge in [0.25, 0.3) is 0 Å². The van der Waals surface area contributed by atoms with E-state index >= 15 is 0 Å². The third-order valence-corrected chi connectivity index (χ3v) is 2.04. The Morgan fingerprint density at radius 1 is 0.633 bits per heavy atom. The number of esters is 3. The molecular formula is C18H27N3O9. The average molecular weight is 429 g/mol. The first kappa shape index (κ1) is 30.8. The van der Waals surface area contributed by atoms with Crippen LogP contribution >= 0.6 is 0 Å². The number of H-pyrrole nitrogens is 3. The van der Waals surface area contributed by atoms with Crippen LogP contribution in [0.2, 0.25) is 0 Å². The van der Waals surface area contributed by atoms with Crippen LogP contribution in [0.5, 0.6) is 0 Å². The van der Waals surface area contributed by atoms with E-state index in [0.717, 1.165) is 18.2 Å². The molecule has 12 heteroatoms. The second-order valence-corrected chi connectivity index (χ2v) is 4.23. The van der Waals surface area contributed by atoms with E-state index in [0.29, 0.717) is 19.8 Å². The second-order valence-electron chi connectivity index (χ2n) is 4.23. The lowest BCUT2D eigenvalue weighted by molar-refractivity contribution is -0.138. The minimum atomic E-state index is -0.802. The molecule has 0 atom stereocenters. The van der Waals surface area contributed by atoms with Crippen molar-refractivity contribution in [2.24, 2.45) is 0 Å². The number of carbonyl (C=O) groups excluding carboxylic acids is 3. The van der Waals surface area contributed by atoms with Crippen molar-refractivity contribution in [3.05, 3.63) is 69.4 Å². The summed E-state index contributed by atoms with van der Waals surface area (Å²) < 4.78 is 13.3. The third kappa shape index (κ3) is 24.0. The Balaban J connectivity index is -0.000000327. The highest BCUT2D eigenvalue weighted by atomic mass is 16.5. The van der Waals surface area contributed by atoms with E-state index < -0.39 is 17.1 Å². The Labute approximate surface area is 172 Å². The average Bonchev–Trinajstić information content (AvgIpc) is 2.68. The molecule has 0 aromatic carbocycles. The fourth-order valence-electron chi connectivity index (χ4n) is 1.01. The van der Waals surface area contributed by atoms with E-state index in [1.165, 1.54) is 0 Å². The molecule has 0 radical (unpaired) electrons. The molecule has 1 aromatic rings. The zero-order valence-corrected chi connectivity index (χ0v) is 17.1. The highest BCUT2D eigenvalue weighted by Crippen LogP contribution is 1.75. The van der Waals surface area contributed by atoms with Crippen molar-refractivity contribution in [3.8, 4) is 0 Å². The summed E-state index contributed by atoms with van der Waals surface area (Å²) in [6.07, 6.45) is 3.43. The fraction of sp³-hybridized carbons (Fsp3) is 0.333. The van der Waals surface area contributed by atoms with Gasteiger partial charge in [0, 0.05) is 18.2 Å². The Bertz CT molecular complexity index is 703. The van der Waals surface area contributed by atoms with Gasteiger partial charge in [-0.3, -0.25) is 15.0 Å². The van der Waals surface area contributed by atoms with Gasteiger partial charge in [-0.1, -0.05) is 19.7 Å². The van der Waals surface area contributed by atoms with Gasteiger partial charge >= 0.3 is 35.0 Å². The second kappa shape index (κ2) is 21.3. The Kier molecular flexibility index (Phi) is 21.9. The molecule has 0 saturated carbocycles. The van der Waals surface area contributed by atoms with Gasteiger partial charge in [-0.15, -0.1) is 0 Å². The predicted molar refractivity (Wildman–Crippen MR) is 109 cm³/mol. The van der Waals surface area contributed by atoms with Crippen molar-refractivity contribution in [2.45, 2.75) is 20.8 Å². The Hall–Kier alpha value is -3.96. The molecule has 168 valence electrons. The Morgan fingerprint density at radius 2 is 0.833 bits per heavy atom. The molecule has 0 fully saturated rings. The van der Waals surface area contributed by atoms with E-state index in [1.807, 2.05) is 0 Å². The van der Waals surface area contributed by atoms with Crippen LogP contribution in [0, 0.1) is 0 Å². The van der Waals surface area contributed by atoms with Crippen LogP contribution < -0.4 is 17.1 Å². The van der Waals surface area contributed by atoms with Gasteiger partial charge in [0.2, 0.25) is 0 Å². The lowest BCUT2D eigenvalue weighted by Crippen LogP contribution is -2.34. The van der Waals surface area contributed by atoms with Crippen LogP contribution in [0.4, 0.5) is 0 Å². The molecule has 0 aliphatic carbocycles. The van der Waals surface area contributed by atoms with Crippen molar-refractivity contribution in [1.82, 2.24) is 15.0 Å². The molecule has 1 heterocycles. The van der Waals surface area contributed by atoms with Crippen LogP contribution in [0.1, 0.15) is 20.8 Å². The van der Waals surface area contributed by atoms with Crippen molar-refractivity contribution in [2.75, 3.05) is 19.8 Å². The summed E-state index contributed by atoms with van der Waals surface area (Å²) in [4.78, 5) is 66.1. The van der Waals surface area contributed by atoms with E-state index in [4.69, 9.17) is 0 Å². The van der Waals surface area contributed by atoms with Gasteiger partial charge in [0.05, 0.1) is 19.8 Å². The molecule has 0 unspecified atom stereocenters. The predicted octanol–water partition coefficient (Wildman–Crippen LogP) is -0.0420. The molecule has 3 N–H and O–H groups in total. The van der Waals surface area contributed by atoms with Gasteiger partial charge in [-0.2, -0.15) is 0 Å². The maximum absolute atomic E-state index is 10.2. The maximum atomic E-state index is 10.2. The number of hydrogen-bond donors (Lipinski definition) is 3. The van der Waals surface area contributed by atoms with Crippen LogP contribution in [-0.4, -0.2) is 52.7 Å². The monoisotopic (exact) mass is 429 g/mol. The molecular weight excluding hydrogens is 402 g/mol. The lowest BCUT2D eigenvalue weighted by Gasteiger charge is -1.90. The van der Waals surface area contributed by atoms with Crippen LogP contribution in [0.3, 0.4) is 0 Å². The maximum Gasteiger partial charge on any atom is 0.330 e. The first-order valence-corrected chi connectivity index (χ1v) is 8.42. The van der Waals surface area contributed by atoms with Gasteiger partial charge in [-0.25, -0.2) is 28.8 Å². The van der Waals surface area contributed by atoms with Gasteiger partial charge < -0.3 is 14.2 Å². The van der Waals surface area contributed by atoms with Crippen molar-refractivity contribution >= 4 is 17.9 Å². The number of rotatable bonds is 6. The van der Waals surface area contributed by atoms with E-state index in [2.05, 4.69) is 33.9 Å². The lowest BCUT2D eigenvalue weighted by atomic mass is 10.6. The highest BCUT2D eigenvalue weighted by molar-refractivity contribution is 5.81.